The lowest BCUT2D eigenvalue weighted by Crippen LogP contribution is -2.14. The van der Waals surface area contributed by atoms with E-state index in [4.69, 9.17) is 0 Å². The van der Waals surface area contributed by atoms with Crippen molar-refractivity contribution < 1.29 is 0 Å². The normalized spacial score (nSPS) is 10.6. The van der Waals surface area contributed by atoms with Crippen molar-refractivity contribution in [2.45, 2.75) is 26.8 Å². The molecule has 2 aromatic heterocycles. The third-order valence-electron chi connectivity index (χ3n) is 3.00. The van der Waals surface area contributed by atoms with Crippen LogP contribution in [0.1, 0.15) is 17.8 Å². The lowest BCUT2D eigenvalue weighted by Gasteiger charge is -2.11. The first-order valence-corrected chi connectivity index (χ1v) is 6.81. The van der Waals surface area contributed by atoms with Gasteiger partial charge in [0.2, 0.25) is 5.95 Å². The van der Waals surface area contributed by atoms with Gasteiger partial charge in [0.1, 0.15) is 5.82 Å². The van der Waals surface area contributed by atoms with Gasteiger partial charge in [-0.1, -0.05) is 0 Å². The fraction of sp³-hybridized carbons (Fsp3) is 0.500. The Hall–Kier alpha value is -2.11. The third-order valence-corrected chi connectivity index (χ3v) is 3.00. The van der Waals surface area contributed by atoms with E-state index in [0.717, 1.165) is 31.0 Å². The highest BCUT2D eigenvalue weighted by molar-refractivity contribution is 5.40. The quantitative estimate of drug-likeness (QED) is 0.815. The van der Waals surface area contributed by atoms with Crippen LogP contribution in [0, 0.1) is 13.8 Å². The number of hydrogen-bond donors (Lipinski definition) is 1. The van der Waals surface area contributed by atoms with Crippen LogP contribution in [0.2, 0.25) is 0 Å². The maximum absolute atomic E-state index is 4.45. The van der Waals surface area contributed by atoms with Gasteiger partial charge in [0.15, 0.2) is 0 Å². The zero-order valence-corrected chi connectivity index (χ0v) is 12.6. The van der Waals surface area contributed by atoms with Gasteiger partial charge in [-0.05, 0) is 32.4 Å². The predicted molar refractivity (Wildman–Crippen MR) is 81.2 cm³/mol. The zero-order chi connectivity index (χ0) is 14.5. The van der Waals surface area contributed by atoms with E-state index in [1.165, 1.54) is 5.69 Å². The van der Waals surface area contributed by atoms with E-state index in [9.17, 15) is 0 Å². The Balaban J connectivity index is 1.81. The van der Waals surface area contributed by atoms with Crippen molar-refractivity contribution in [1.29, 1.82) is 0 Å². The van der Waals surface area contributed by atoms with Crippen LogP contribution in [0.3, 0.4) is 0 Å². The fourth-order valence-corrected chi connectivity index (χ4v) is 2.01. The summed E-state index contributed by atoms with van der Waals surface area (Å²) in [6.07, 6.45) is 2.77. The first kappa shape index (κ1) is 14.3. The maximum Gasteiger partial charge on any atom is 0.226 e. The molecule has 108 valence electrons. The summed E-state index contributed by atoms with van der Waals surface area (Å²) in [4.78, 5) is 10.5. The highest BCUT2D eigenvalue weighted by Gasteiger charge is 2.02. The summed E-state index contributed by atoms with van der Waals surface area (Å²) < 4.78 is 2.04. The number of aryl methyl sites for hydroxylation is 3. The van der Waals surface area contributed by atoms with Crippen LogP contribution in [0.25, 0.3) is 0 Å². The van der Waals surface area contributed by atoms with Gasteiger partial charge in [-0.3, -0.25) is 4.68 Å². The Kier molecular flexibility index (Phi) is 4.55. The molecule has 0 amide bonds. The van der Waals surface area contributed by atoms with Crippen molar-refractivity contribution >= 4 is 11.8 Å². The van der Waals surface area contributed by atoms with Gasteiger partial charge in [-0.25, -0.2) is 4.98 Å². The molecule has 20 heavy (non-hydrogen) atoms. The lowest BCUT2D eigenvalue weighted by molar-refractivity contribution is 0.573. The van der Waals surface area contributed by atoms with Crippen LogP contribution in [-0.4, -0.2) is 40.4 Å². The van der Waals surface area contributed by atoms with E-state index in [2.05, 4.69) is 33.4 Å². The summed E-state index contributed by atoms with van der Waals surface area (Å²) in [5, 5.41) is 7.77. The molecule has 1 N–H and O–H groups in total. The van der Waals surface area contributed by atoms with Crippen molar-refractivity contribution in [3.05, 3.63) is 29.7 Å². The molecule has 0 aliphatic heterocycles. The molecule has 0 radical (unpaired) electrons. The van der Waals surface area contributed by atoms with E-state index < -0.39 is 0 Å². The van der Waals surface area contributed by atoms with Crippen molar-refractivity contribution in [3.63, 3.8) is 0 Å². The molecule has 0 spiro atoms. The first-order chi connectivity index (χ1) is 9.56. The van der Waals surface area contributed by atoms with Gasteiger partial charge < -0.3 is 10.2 Å². The molecule has 0 saturated carbocycles. The number of rotatable bonds is 6. The molecule has 2 aromatic rings. The maximum atomic E-state index is 4.45. The van der Waals surface area contributed by atoms with Crippen molar-refractivity contribution in [2.24, 2.45) is 0 Å². The molecule has 6 nitrogen and oxygen atoms in total. The summed E-state index contributed by atoms with van der Waals surface area (Å²) >= 11 is 0. The second-order valence-corrected chi connectivity index (χ2v) is 5.07. The second-order valence-electron chi connectivity index (χ2n) is 5.07. The SMILES string of the molecule is Cc1cc(C)n(CCCNc2ccnc(N(C)C)n2)n1. The minimum atomic E-state index is 0.716. The largest absolute Gasteiger partial charge is 0.370 e. The van der Waals surface area contributed by atoms with Gasteiger partial charge in [0, 0.05) is 39.1 Å². The minimum absolute atomic E-state index is 0.716. The third kappa shape index (κ3) is 3.69. The van der Waals surface area contributed by atoms with Crippen LogP contribution < -0.4 is 10.2 Å². The lowest BCUT2D eigenvalue weighted by atomic mass is 10.4. The van der Waals surface area contributed by atoms with Crippen LogP contribution in [-0.2, 0) is 6.54 Å². The molecule has 2 rings (SSSR count). The van der Waals surface area contributed by atoms with Gasteiger partial charge >= 0.3 is 0 Å². The van der Waals surface area contributed by atoms with Crippen molar-refractivity contribution in [1.82, 2.24) is 19.7 Å². The zero-order valence-electron chi connectivity index (χ0n) is 12.6. The first-order valence-electron chi connectivity index (χ1n) is 6.81. The van der Waals surface area contributed by atoms with Gasteiger partial charge in [0.05, 0.1) is 5.69 Å². The van der Waals surface area contributed by atoms with E-state index >= 15 is 0 Å². The fourth-order valence-electron chi connectivity index (χ4n) is 2.01. The van der Waals surface area contributed by atoms with Gasteiger partial charge in [-0.2, -0.15) is 10.1 Å². The summed E-state index contributed by atoms with van der Waals surface area (Å²) in [5.74, 6) is 1.57. The van der Waals surface area contributed by atoms with Gasteiger partial charge in [-0.15, -0.1) is 0 Å². The average Bonchev–Trinajstić information content (AvgIpc) is 2.73. The topological polar surface area (TPSA) is 58.9 Å². The molecule has 0 saturated heterocycles. The molecule has 0 bridgehead atoms. The molecule has 0 unspecified atom stereocenters. The molecule has 0 aliphatic carbocycles. The molecule has 2 heterocycles. The predicted octanol–water partition coefficient (Wildman–Crippen LogP) is 1.86. The highest BCUT2D eigenvalue weighted by atomic mass is 15.3. The average molecular weight is 274 g/mol. The van der Waals surface area contributed by atoms with E-state index in [0.29, 0.717) is 5.95 Å². The standard InChI is InChI=1S/C14H22N6/c1-11-10-12(2)20(18-11)9-5-7-15-13-6-8-16-14(17-13)19(3)4/h6,8,10H,5,7,9H2,1-4H3,(H,15,16,17). The second kappa shape index (κ2) is 6.36. The molecule has 0 aliphatic rings. The summed E-state index contributed by atoms with van der Waals surface area (Å²) in [7, 11) is 3.86. The Morgan fingerprint density at radius 2 is 2.10 bits per heavy atom. The Morgan fingerprint density at radius 3 is 2.75 bits per heavy atom. The Morgan fingerprint density at radius 1 is 1.30 bits per heavy atom. The molecule has 6 heteroatoms. The van der Waals surface area contributed by atoms with Crippen LogP contribution in [0.5, 0.6) is 0 Å². The van der Waals surface area contributed by atoms with E-state index in [1.807, 2.05) is 36.7 Å². The number of nitrogens with zero attached hydrogens (tertiary/aromatic N) is 5. The molecule has 0 fully saturated rings. The Labute approximate surface area is 119 Å². The van der Waals surface area contributed by atoms with Crippen LogP contribution in [0.4, 0.5) is 11.8 Å². The summed E-state index contributed by atoms with van der Waals surface area (Å²) in [5.41, 5.74) is 2.28. The number of hydrogen-bond acceptors (Lipinski definition) is 5. The van der Waals surface area contributed by atoms with Crippen molar-refractivity contribution in [3.8, 4) is 0 Å². The van der Waals surface area contributed by atoms with Gasteiger partial charge in [0.25, 0.3) is 0 Å². The minimum Gasteiger partial charge on any atom is -0.370 e. The smallest absolute Gasteiger partial charge is 0.226 e. The molecular weight excluding hydrogens is 252 g/mol. The van der Waals surface area contributed by atoms with Crippen LogP contribution in [0.15, 0.2) is 18.3 Å². The van der Waals surface area contributed by atoms with E-state index in [-0.39, 0.29) is 0 Å². The monoisotopic (exact) mass is 274 g/mol. The van der Waals surface area contributed by atoms with E-state index in [1.54, 1.807) is 6.20 Å². The number of anilines is 2. The Bertz CT molecular complexity index is 561. The molecular formula is C14H22N6. The molecule has 0 atom stereocenters. The summed E-state index contributed by atoms with van der Waals surface area (Å²) in [6.45, 7) is 5.88. The molecule has 0 aromatic carbocycles. The number of aromatic nitrogens is 4. The summed E-state index contributed by atoms with van der Waals surface area (Å²) in [6, 6.07) is 3.98. The van der Waals surface area contributed by atoms with Crippen molar-refractivity contribution in [2.75, 3.05) is 30.9 Å². The number of nitrogens with one attached hydrogen (secondary N) is 1. The highest BCUT2D eigenvalue weighted by Crippen LogP contribution is 2.08. The van der Waals surface area contributed by atoms with Crippen LogP contribution >= 0.6 is 0 Å².